The Hall–Kier alpha value is -4.39. The molecule has 7 nitrogen and oxygen atoms in total. The summed E-state index contributed by atoms with van der Waals surface area (Å²) in [6.45, 7) is 6.40. The van der Waals surface area contributed by atoms with Gasteiger partial charge in [-0.3, -0.25) is 4.79 Å². The third-order valence-electron chi connectivity index (χ3n) is 6.15. The van der Waals surface area contributed by atoms with Gasteiger partial charge in [-0.2, -0.15) is 0 Å². The maximum Gasteiger partial charge on any atom is 0.349 e. The predicted molar refractivity (Wildman–Crippen MR) is 141 cm³/mol. The Morgan fingerprint density at radius 1 is 0.892 bits per heavy atom. The maximum absolute atomic E-state index is 12.4. The monoisotopic (exact) mass is 499 g/mol. The van der Waals surface area contributed by atoms with Gasteiger partial charge in [0, 0.05) is 23.4 Å². The largest absolute Gasteiger partial charge is 0.482 e. The standard InChI is InChI=1S/C30H29NO6/c1-4-16-31-28(33)25-17-20-10-13-24(18-26(20)37-29(25)34)36-27(32)19-35-23-14-11-22(12-15-23)30(2,3)21-8-6-5-7-9-21/h5-15,17-18H,4,16,19H2,1-3H3,(H,31,33). The van der Waals surface area contributed by atoms with Crippen molar-refractivity contribution in [2.75, 3.05) is 13.2 Å². The first-order chi connectivity index (χ1) is 17.8. The SMILES string of the molecule is CCCNC(=O)c1cc2ccc(OC(=O)COc3ccc(C(C)(C)c4ccccc4)cc3)cc2oc1=O. The van der Waals surface area contributed by atoms with E-state index in [1.54, 1.807) is 12.1 Å². The van der Waals surface area contributed by atoms with Crippen LogP contribution in [0.5, 0.6) is 11.5 Å². The second-order valence-electron chi connectivity index (χ2n) is 9.18. The first-order valence-corrected chi connectivity index (χ1v) is 12.1. The molecule has 4 aromatic rings. The highest BCUT2D eigenvalue weighted by Crippen LogP contribution is 2.32. The van der Waals surface area contributed by atoms with Crippen molar-refractivity contribution in [1.82, 2.24) is 5.32 Å². The van der Waals surface area contributed by atoms with E-state index in [2.05, 4.69) is 31.3 Å². The van der Waals surface area contributed by atoms with Gasteiger partial charge < -0.3 is 19.2 Å². The summed E-state index contributed by atoms with van der Waals surface area (Å²) in [5.41, 5.74) is 1.53. The molecule has 0 saturated carbocycles. The summed E-state index contributed by atoms with van der Waals surface area (Å²) in [7, 11) is 0. The minimum atomic E-state index is -0.758. The van der Waals surface area contributed by atoms with Crippen LogP contribution >= 0.6 is 0 Å². The summed E-state index contributed by atoms with van der Waals surface area (Å²) < 4.78 is 16.2. The maximum atomic E-state index is 12.4. The fraction of sp³-hybridized carbons (Fsp3) is 0.233. The average Bonchev–Trinajstić information content (AvgIpc) is 2.91. The summed E-state index contributed by atoms with van der Waals surface area (Å²) in [4.78, 5) is 36.7. The van der Waals surface area contributed by atoms with E-state index in [1.165, 1.54) is 17.7 Å². The van der Waals surface area contributed by atoms with Crippen LogP contribution in [0, 0.1) is 0 Å². The number of ether oxygens (including phenoxy) is 2. The van der Waals surface area contributed by atoms with E-state index in [9.17, 15) is 14.4 Å². The van der Waals surface area contributed by atoms with Crippen LogP contribution in [-0.2, 0) is 10.2 Å². The smallest absolute Gasteiger partial charge is 0.349 e. The molecule has 1 heterocycles. The zero-order valence-electron chi connectivity index (χ0n) is 21.1. The van der Waals surface area contributed by atoms with Crippen LogP contribution < -0.4 is 20.4 Å². The molecule has 0 spiro atoms. The third kappa shape index (κ3) is 6.06. The molecule has 7 heteroatoms. The molecule has 0 aliphatic rings. The van der Waals surface area contributed by atoms with Crippen molar-refractivity contribution in [3.8, 4) is 11.5 Å². The zero-order valence-corrected chi connectivity index (χ0v) is 21.1. The van der Waals surface area contributed by atoms with Gasteiger partial charge in [-0.15, -0.1) is 0 Å². The van der Waals surface area contributed by atoms with Crippen molar-refractivity contribution in [2.24, 2.45) is 0 Å². The number of nitrogens with one attached hydrogen (secondary N) is 1. The Balaban J connectivity index is 1.37. The molecule has 0 unspecified atom stereocenters. The zero-order chi connectivity index (χ0) is 26.4. The van der Waals surface area contributed by atoms with Gasteiger partial charge in [0.05, 0.1) is 0 Å². The van der Waals surface area contributed by atoms with Crippen LogP contribution in [0.1, 0.15) is 48.7 Å². The van der Waals surface area contributed by atoms with Gasteiger partial charge in [0.1, 0.15) is 22.6 Å². The Bertz CT molecular complexity index is 1460. The number of carbonyl (C=O) groups excluding carboxylic acids is 2. The Morgan fingerprint density at radius 2 is 1.57 bits per heavy atom. The van der Waals surface area contributed by atoms with Crippen molar-refractivity contribution in [2.45, 2.75) is 32.6 Å². The number of rotatable bonds is 9. The average molecular weight is 500 g/mol. The lowest BCUT2D eigenvalue weighted by atomic mass is 9.78. The highest BCUT2D eigenvalue weighted by Gasteiger charge is 2.22. The summed E-state index contributed by atoms with van der Waals surface area (Å²) in [6.07, 6.45) is 0.751. The van der Waals surface area contributed by atoms with Gasteiger partial charge in [0.2, 0.25) is 0 Å². The molecule has 0 aliphatic carbocycles. The quantitative estimate of drug-likeness (QED) is 0.192. The van der Waals surface area contributed by atoms with Crippen molar-refractivity contribution in [3.63, 3.8) is 0 Å². The molecule has 0 bridgehead atoms. The molecule has 1 amide bonds. The number of hydrogen-bond donors (Lipinski definition) is 1. The molecule has 4 rings (SSSR count). The number of hydrogen-bond acceptors (Lipinski definition) is 6. The molecular weight excluding hydrogens is 470 g/mol. The van der Waals surface area contributed by atoms with Crippen molar-refractivity contribution < 1.29 is 23.5 Å². The molecule has 3 aromatic carbocycles. The summed E-state index contributed by atoms with van der Waals surface area (Å²) in [5.74, 6) is -0.344. The summed E-state index contributed by atoms with van der Waals surface area (Å²) in [5, 5.41) is 3.19. The predicted octanol–water partition coefficient (Wildman–Crippen LogP) is 5.24. The molecule has 0 fully saturated rings. The van der Waals surface area contributed by atoms with Crippen LogP contribution in [0.2, 0.25) is 0 Å². The van der Waals surface area contributed by atoms with Crippen molar-refractivity contribution >= 4 is 22.8 Å². The summed E-state index contributed by atoms with van der Waals surface area (Å²) >= 11 is 0. The fourth-order valence-corrected chi connectivity index (χ4v) is 3.94. The number of esters is 1. The number of benzene rings is 3. The first-order valence-electron chi connectivity index (χ1n) is 12.1. The van der Waals surface area contributed by atoms with E-state index in [0.717, 1.165) is 12.0 Å². The van der Waals surface area contributed by atoms with Gasteiger partial charge in [-0.05, 0) is 47.9 Å². The van der Waals surface area contributed by atoms with Crippen LogP contribution in [0.4, 0.5) is 0 Å². The number of fused-ring (bicyclic) bond motifs is 1. The second-order valence-corrected chi connectivity index (χ2v) is 9.18. The van der Waals surface area contributed by atoms with Gasteiger partial charge >= 0.3 is 11.6 Å². The molecule has 37 heavy (non-hydrogen) atoms. The van der Waals surface area contributed by atoms with Gasteiger partial charge in [0.25, 0.3) is 5.91 Å². The van der Waals surface area contributed by atoms with E-state index in [4.69, 9.17) is 13.9 Å². The Morgan fingerprint density at radius 3 is 2.27 bits per heavy atom. The fourth-order valence-electron chi connectivity index (χ4n) is 3.94. The lowest BCUT2D eigenvalue weighted by Gasteiger charge is -2.26. The van der Waals surface area contributed by atoms with E-state index >= 15 is 0 Å². The third-order valence-corrected chi connectivity index (χ3v) is 6.15. The van der Waals surface area contributed by atoms with E-state index in [0.29, 0.717) is 17.7 Å². The Labute approximate surface area is 215 Å². The normalized spacial score (nSPS) is 11.2. The van der Waals surface area contributed by atoms with E-state index in [1.807, 2.05) is 49.4 Å². The number of amides is 1. The van der Waals surface area contributed by atoms with Crippen molar-refractivity contribution in [3.05, 3.63) is 106 Å². The minimum Gasteiger partial charge on any atom is -0.482 e. The molecule has 190 valence electrons. The summed E-state index contributed by atoms with van der Waals surface area (Å²) in [6, 6.07) is 23.9. The molecule has 1 aromatic heterocycles. The van der Waals surface area contributed by atoms with Crippen LogP contribution in [0.25, 0.3) is 11.0 Å². The lowest BCUT2D eigenvalue weighted by Crippen LogP contribution is -2.28. The topological polar surface area (TPSA) is 94.8 Å². The minimum absolute atomic E-state index is 0.0720. The molecule has 1 N–H and O–H groups in total. The molecule has 0 saturated heterocycles. The first kappa shape index (κ1) is 25.7. The molecular formula is C30H29NO6. The highest BCUT2D eigenvalue weighted by atomic mass is 16.6. The Kier molecular flexibility index (Phi) is 7.72. The lowest BCUT2D eigenvalue weighted by molar-refractivity contribution is -0.136. The number of carbonyl (C=O) groups is 2. The van der Waals surface area contributed by atoms with Crippen LogP contribution in [0.3, 0.4) is 0 Å². The highest BCUT2D eigenvalue weighted by molar-refractivity contribution is 5.96. The van der Waals surface area contributed by atoms with Crippen LogP contribution in [0.15, 0.2) is 88.1 Å². The van der Waals surface area contributed by atoms with E-state index in [-0.39, 0.29) is 28.9 Å². The van der Waals surface area contributed by atoms with Crippen LogP contribution in [-0.4, -0.2) is 25.0 Å². The van der Waals surface area contributed by atoms with E-state index < -0.39 is 17.5 Å². The molecule has 0 atom stereocenters. The van der Waals surface area contributed by atoms with Gasteiger partial charge in [-0.1, -0.05) is 63.2 Å². The molecule has 0 aliphatic heterocycles. The van der Waals surface area contributed by atoms with Gasteiger partial charge in [0.15, 0.2) is 6.61 Å². The second kappa shape index (κ2) is 11.1. The van der Waals surface area contributed by atoms with Gasteiger partial charge in [-0.25, -0.2) is 9.59 Å². The van der Waals surface area contributed by atoms with Crippen molar-refractivity contribution in [1.29, 1.82) is 0 Å². The molecule has 0 radical (unpaired) electrons.